The van der Waals surface area contributed by atoms with Crippen LogP contribution in [0, 0.1) is 13.8 Å². The monoisotopic (exact) mass is 270 g/mol. The number of aryl methyl sites for hydroxylation is 2. The largest absolute Gasteiger partial charge is 0.489 e. The lowest BCUT2D eigenvalue weighted by Gasteiger charge is -2.10. The Morgan fingerprint density at radius 2 is 1.95 bits per heavy atom. The summed E-state index contributed by atoms with van der Waals surface area (Å²) in [5, 5.41) is 0. The second-order valence-electron chi connectivity index (χ2n) is 5.13. The lowest BCUT2D eigenvalue weighted by Crippen LogP contribution is -2.15. The number of rotatable bonds is 3. The fraction of sp³-hybridized carbons (Fsp3) is 0.294. The van der Waals surface area contributed by atoms with Crippen LogP contribution in [0.4, 0.5) is 0 Å². The summed E-state index contributed by atoms with van der Waals surface area (Å²) < 4.78 is 6.07. The minimum Gasteiger partial charge on any atom is -0.489 e. The van der Waals surface area contributed by atoms with Gasteiger partial charge in [0.2, 0.25) is 0 Å². The summed E-state index contributed by atoms with van der Waals surface area (Å²) in [4.78, 5) is 1.31. The van der Waals surface area contributed by atoms with E-state index in [4.69, 9.17) is 4.74 Å². The maximum Gasteiger partial charge on any atom is 0.123 e. The Morgan fingerprint density at radius 3 is 2.74 bits per heavy atom. The Bertz CT molecular complexity index is 577. The molecule has 2 aromatic rings. The van der Waals surface area contributed by atoms with E-state index in [0.717, 1.165) is 17.9 Å². The van der Waals surface area contributed by atoms with Crippen molar-refractivity contribution in [3.63, 3.8) is 0 Å². The van der Waals surface area contributed by atoms with Gasteiger partial charge in [-0.1, -0.05) is 24.3 Å². The molecule has 0 bridgehead atoms. The zero-order chi connectivity index (χ0) is 13.2. The molecule has 1 atom stereocenters. The van der Waals surface area contributed by atoms with E-state index in [9.17, 15) is 0 Å². The molecule has 0 spiro atoms. The van der Waals surface area contributed by atoms with E-state index < -0.39 is 0 Å². The van der Waals surface area contributed by atoms with Crippen molar-refractivity contribution in [1.29, 1.82) is 0 Å². The van der Waals surface area contributed by atoms with Gasteiger partial charge in [-0.2, -0.15) is 0 Å². The third kappa shape index (κ3) is 2.79. The first-order valence-electron chi connectivity index (χ1n) is 6.67. The molecule has 1 nitrogen and oxygen atoms in total. The lowest BCUT2D eigenvalue weighted by atomic mass is 10.0. The van der Waals surface area contributed by atoms with Crippen LogP contribution in [0.2, 0.25) is 0 Å². The second kappa shape index (κ2) is 5.30. The van der Waals surface area contributed by atoms with Crippen LogP contribution in [0.15, 0.2) is 47.4 Å². The van der Waals surface area contributed by atoms with E-state index in [0.29, 0.717) is 6.10 Å². The number of benzene rings is 2. The summed E-state index contributed by atoms with van der Waals surface area (Å²) in [5.74, 6) is 2.10. The number of hydrogen-bond donors (Lipinski definition) is 0. The Balaban J connectivity index is 1.66. The van der Waals surface area contributed by atoms with Crippen LogP contribution in [0.3, 0.4) is 0 Å². The van der Waals surface area contributed by atoms with Gasteiger partial charge >= 0.3 is 0 Å². The molecule has 0 aromatic heterocycles. The van der Waals surface area contributed by atoms with Crippen LogP contribution in [-0.2, 0) is 6.42 Å². The highest BCUT2D eigenvalue weighted by molar-refractivity contribution is 7.99. The zero-order valence-corrected chi connectivity index (χ0v) is 12.2. The first kappa shape index (κ1) is 12.6. The highest BCUT2D eigenvalue weighted by Gasteiger charge is 2.24. The first-order chi connectivity index (χ1) is 9.22. The smallest absolute Gasteiger partial charge is 0.123 e. The number of fused-ring (bicyclic) bond motifs is 1. The SMILES string of the molecule is Cc1cc(C)c2c(c1)OC(CSc1ccccc1)C2. The highest BCUT2D eigenvalue weighted by Crippen LogP contribution is 2.34. The maximum atomic E-state index is 6.07. The lowest BCUT2D eigenvalue weighted by molar-refractivity contribution is 0.259. The van der Waals surface area contributed by atoms with E-state index in [-0.39, 0.29) is 0 Å². The van der Waals surface area contributed by atoms with Gasteiger partial charge in [-0.05, 0) is 43.2 Å². The van der Waals surface area contributed by atoms with E-state index in [1.165, 1.54) is 21.6 Å². The minimum atomic E-state index is 0.306. The first-order valence-corrected chi connectivity index (χ1v) is 7.65. The van der Waals surface area contributed by atoms with Crippen molar-refractivity contribution < 1.29 is 4.74 Å². The Labute approximate surface area is 119 Å². The van der Waals surface area contributed by atoms with Gasteiger partial charge in [0.05, 0.1) is 0 Å². The van der Waals surface area contributed by atoms with Gasteiger partial charge < -0.3 is 4.74 Å². The summed E-state index contributed by atoms with van der Waals surface area (Å²) >= 11 is 1.87. The molecule has 19 heavy (non-hydrogen) atoms. The number of hydrogen-bond acceptors (Lipinski definition) is 2. The fourth-order valence-corrected chi connectivity index (χ4v) is 3.49. The molecule has 1 unspecified atom stereocenters. The predicted octanol–water partition coefficient (Wildman–Crippen LogP) is 4.40. The van der Waals surface area contributed by atoms with Gasteiger partial charge in [-0.3, -0.25) is 0 Å². The molecular formula is C17H18OS. The molecule has 0 aliphatic carbocycles. The van der Waals surface area contributed by atoms with E-state index in [1.54, 1.807) is 0 Å². The van der Waals surface area contributed by atoms with Crippen LogP contribution in [0.5, 0.6) is 5.75 Å². The zero-order valence-electron chi connectivity index (χ0n) is 11.3. The van der Waals surface area contributed by atoms with Gasteiger partial charge in [0.1, 0.15) is 11.9 Å². The van der Waals surface area contributed by atoms with Crippen LogP contribution in [0.1, 0.15) is 16.7 Å². The topological polar surface area (TPSA) is 9.23 Å². The van der Waals surface area contributed by atoms with Crippen LogP contribution in [0.25, 0.3) is 0 Å². The summed E-state index contributed by atoms with van der Waals surface area (Å²) in [5.41, 5.74) is 4.04. The molecule has 0 amide bonds. The molecule has 2 aromatic carbocycles. The van der Waals surface area contributed by atoms with Gasteiger partial charge in [0.15, 0.2) is 0 Å². The molecule has 2 heteroatoms. The Morgan fingerprint density at radius 1 is 1.16 bits per heavy atom. The van der Waals surface area contributed by atoms with Crippen molar-refractivity contribution in [3.05, 3.63) is 59.2 Å². The summed E-state index contributed by atoms with van der Waals surface area (Å²) in [6.45, 7) is 4.31. The fourth-order valence-electron chi connectivity index (χ4n) is 2.57. The molecule has 0 saturated carbocycles. The van der Waals surface area contributed by atoms with Crippen molar-refractivity contribution in [3.8, 4) is 5.75 Å². The van der Waals surface area contributed by atoms with Crippen LogP contribution in [-0.4, -0.2) is 11.9 Å². The molecule has 1 aliphatic heterocycles. The summed E-state index contributed by atoms with van der Waals surface area (Å²) in [6.07, 6.45) is 1.35. The quantitative estimate of drug-likeness (QED) is 0.765. The van der Waals surface area contributed by atoms with Gasteiger partial charge in [-0.25, -0.2) is 0 Å². The molecule has 0 N–H and O–H groups in total. The molecule has 98 valence electrons. The Kier molecular flexibility index (Phi) is 3.52. The molecular weight excluding hydrogens is 252 g/mol. The van der Waals surface area contributed by atoms with Crippen molar-refractivity contribution in [2.24, 2.45) is 0 Å². The maximum absolute atomic E-state index is 6.07. The van der Waals surface area contributed by atoms with Gasteiger partial charge in [0, 0.05) is 22.6 Å². The van der Waals surface area contributed by atoms with Crippen molar-refractivity contribution in [2.75, 3.05) is 5.75 Å². The highest BCUT2D eigenvalue weighted by atomic mass is 32.2. The average Bonchev–Trinajstić information content (AvgIpc) is 2.81. The van der Waals surface area contributed by atoms with Crippen LogP contribution >= 0.6 is 11.8 Å². The third-order valence-electron chi connectivity index (χ3n) is 3.48. The molecule has 0 radical (unpaired) electrons. The second-order valence-corrected chi connectivity index (χ2v) is 6.22. The van der Waals surface area contributed by atoms with E-state index in [2.05, 4.69) is 56.3 Å². The molecule has 1 heterocycles. The molecule has 0 fully saturated rings. The minimum absolute atomic E-state index is 0.306. The Hall–Kier alpha value is -1.41. The third-order valence-corrected chi connectivity index (χ3v) is 4.62. The standard InChI is InChI=1S/C17H18OS/c1-12-8-13(2)16-10-14(18-17(16)9-12)11-19-15-6-4-3-5-7-15/h3-9,14H,10-11H2,1-2H3. The number of thioether (sulfide) groups is 1. The summed E-state index contributed by atoms with van der Waals surface area (Å²) in [7, 11) is 0. The average molecular weight is 270 g/mol. The van der Waals surface area contributed by atoms with Gasteiger partial charge in [0.25, 0.3) is 0 Å². The normalized spacial score (nSPS) is 17.1. The molecule has 1 aliphatic rings. The van der Waals surface area contributed by atoms with Crippen molar-refractivity contribution in [2.45, 2.75) is 31.3 Å². The number of ether oxygens (including phenoxy) is 1. The van der Waals surface area contributed by atoms with Crippen LogP contribution < -0.4 is 4.74 Å². The van der Waals surface area contributed by atoms with Crippen molar-refractivity contribution >= 4 is 11.8 Å². The van der Waals surface area contributed by atoms with Crippen molar-refractivity contribution in [1.82, 2.24) is 0 Å². The summed E-state index contributed by atoms with van der Waals surface area (Å²) in [6, 6.07) is 14.9. The molecule has 3 rings (SSSR count). The van der Waals surface area contributed by atoms with E-state index in [1.807, 2.05) is 11.8 Å². The van der Waals surface area contributed by atoms with Gasteiger partial charge in [-0.15, -0.1) is 11.8 Å². The van der Waals surface area contributed by atoms with E-state index >= 15 is 0 Å². The molecule has 0 saturated heterocycles. The predicted molar refractivity (Wildman–Crippen MR) is 81.2 cm³/mol.